The van der Waals surface area contributed by atoms with Gasteiger partial charge in [0.05, 0.1) is 0 Å². The van der Waals surface area contributed by atoms with Crippen molar-refractivity contribution in [3.05, 3.63) is 70.8 Å². The van der Waals surface area contributed by atoms with Gasteiger partial charge < -0.3 is 5.32 Å². The van der Waals surface area contributed by atoms with Gasteiger partial charge in [-0.25, -0.2) is 0 Å². The van der Waals surface area contributed by atoms with Gasteiger partial charge in [-0.2, -0.15) is 0 Å². The van der Waals surface area contributed by atoms with Crippen molar-refractivity contribution in [2.24, 2.45) is 5.41 Å². The minimum absolute atomic E-state index is 0.00684. The molecule has 0 fully saturated rings. The molecular formula is C27H36N2O2. The van der Waals surface area contributed by atoms with Crippen LogP contribution < -0.4 is 5.32 Å². The third-order valence-electron chi connectivity index (χ3n) is 6.52. The van der Waals surface area contributed by atoms with Crippen LogP contribution in [-0.2, 0) is 17.8 Å². The number of rotatable bonds is 7. The van der Waals surface area contributed by atoms with Crippen LogP contribution in [0.4, 0.5) is 0 Å². The third-order valence-corrected chi connectivity index (χ3v) is 6.52. The number of carbonyl (C=O) groups excluding carboxylic acids is 2. The molecular weight excluding hydrogens is 384 g/mol. The van der Waals surface area contributed by atoms with Crippen LogP contribution in [0.15, 0.2) is 48.5 Å². The molecule has 0 bridgehead atoms. The summed E-state index contributed by atoms with van der Waals surface area (Å²) in [5.74, 6) is 0.464. The Morgan fingerprint density at radius 1 is 1.10 bits per heavy atom. The summed E-state index contributed by atoms with van der Waals surface area (Å²) < 4.78 is 0. The summed E-state index contributed by atoms with van der Waals surface area (Å²) in [7, 11) is 2.09. The predicted molar refractivity (Wildman–Crippen MR) is 126 cm³/mol. The molecule has 2 aromatic carbocycles. The van der Waals surface area contributed by atoms with Crippen molar-refractivity contribution in [1.29, 1.82) is 0 Å². The standard InChI is InChI=1S/C27H36N2O2/c1-6-25(30)21-13-12-20-15-23(29(5)18-22(20)14-21)17-28-26(31)16-24(27(2,3)4)19-10-8-7-9-11-19/h7-14,23-24H,6,15-18H2,1-5H3,(H,28,31)/t23-,24+/m0/s1. The highest BCUT2D eigenvalue weighted by Gasteiger charge is 2.29. The summed E-state index contributed by atoms with van der Waals surface area (Å²) >= 11 is 0. The van der Waals surface area contributed by atoms with Gasteiger partial charge in [0, 0.05) is 37.5 Å². The van der Waals surface area contributed by atoms with Gasteiger partial charge in [-0.3, -0.25) is 14.5 Å². The van der Waals surface area contributed by atoms with E-state index in [1.54, 1.807) is 0 Å². The van der Waals surface area contributed by atoms with Gasteiger partial charge in [0.25, 0.3) is 0 Å². The Balaban J connectivity index is 1.62. The molecule has 0 saturated carbocycles. The van der Waals surface area contributed by atoms with Crippen LogP contribution in [0.1, 0.15) is 73.5 Å². The number of likely N-dealkylation sites (N-methyl/N-ethyl adjacent to an activating group) is 1. The molecule has 166 valence electrons. The molecule has 0 spiro atoms. The summed E-state index contributed by atoms with van der Waals surface area (Å²) in [6, 6.07) is 16.7. The van der Waals surface area contributed by atoms with Crippen LogP contribution in [0.25, 0.3) is 0 Å². The van der Waals surface area contributed by atoms with Gasteiger partial charge in [-0.15, -0.1) is 0 Å². The van der Waals surface area contributed by atoms with Crippen LogP contribution >= 0.6 is 0 Å². The number of amides is 1. The topological polar surface area (TPSA) is 49.4 Å². The molecule has 2 aromatic rings. The van der Waals surface area contributed by atoms with Crippen LogP contribution in [-0.4, -0.2) is 36.2 Å². The van der Waals surface area contributed by atoms with E-state index < -0.39 is 0 Å². The molecule has 0 aromatic heterocycles. The Morgan fingerprint density at radius 3 is 2.45 bits per heavy atom. The molecule has 2 atom stereocenters. The minimum atomic E-state index is 0.00684. The Morgan fingerprint density at radius 2 is 1.81 bits per heavy atom. The zero-order valence-electron chi connectivity index (χ0n) is 19.6. The molecule has 0 radical (unpaired) electrons. The highest BCUT2D eigenvalue weighted by molar-refractivity contribution is 5.96. The van der Waals surface area contributed by atoms with E-state index in [0.717, 1.165) is 18.5 Å². The van der Waals surface area contributed by atoms with Crippen molar-refractivity contribution in [2.45, 2.75) is 65.5 Å². The Kier molecular flexibility index (Phi) is 7.32. The Hall–Kier alpha value is -2.46. The molecule has 1 N–H and O–H groups in total. The van der Waals surface area contributed by atoms with Crippen LogP contribution in [0.3, 0.4) is 0 Å². The van der Waals surface area contributed by atoms with E-state index in [-0.39, 0.29) is 29.1 Å². The fraction of sp³-hybridized carbons (Fsp3) is 0.481. The molecule has 4 nitrogen and oxygen atoms in total. The van der Waals surface area contributed by atoms with Crippen molar-refractivity contribution in [3.63, 3.8) is 0 Å². The van der Waals surface area contributed by atoms with Crippen molar-refractivity contribution >= 4 is 11.7 Å². The minimum Gasteiger partial charge on any atom is -0.355 e. The van der Waals surface area contributed by atoms with Gasteiger partial charge in [0.2, 0.25) is 5.91 Å². The maximum Gasteiger partial charge on any atom is 0.220 e. The van der Waals surface area contributed by atoms with E-state index in [1.165, 1.54) is 16.7 Å². The predicted octanol–water partition coefficient (Wildman–Crippen LogP) is 4.97. The first kappa shape index (κ1) is 23.2. The van der Waals surface area contributed by atoms with Gasteiger partial charge in [-0.05, 0) is 47.6 Å². The molecule has 4 heteroatoms. The van der Waals surface area contributed by atoms with Crippen molar-refractivity contribution in [1.82, 2.24) is 10.2 Å². The average molecular weight is 421 g/mol. The van der Waals surface area contributed by atoms with Gasteiger partial charge in [0.1, 0.15) is 0 Å². The lowest BCUT2D eigenvalue weighted by Gasteiger charge is -2.35. The van der Waals surface area contributed by atoms with E-state index in [1.807, 2.05) is 37.3 Å². The summed E-state index contributed by atoms with van der Waals surface area (Å²) in [5.41, 5.74) is 4.53. The van der Waals surface area contributed by atoms with E-state index >= 15 is 0 Å². The number of hydrogen-bond acceptors (Lipinski definition) is 3. The molecule has 0 saturated heterocycles. The van der Waals surface area contributed by atoms with Crippen molar-refractivity contribution in [2.75, 3.05) is 13.6 Å². The first-order valence-electron chi connectivity index (χ1n) is 11.4. The first-order valence-corrected chi connectivity index (χ1v) is 11.4. The van der Waals surface area contributed by atoms with Crippen LogP contribution in [0.2, 0.25) is 0 Å². The number of fused-ring (bicyclic) bond motifs is 1. The maximum absolute atomic E-state index is 12.9. The highest BCUT2D eigenvalue weighted by atomic mass is 16.1. The number of carbonyl (C=O) groups is 2. The molecule has 0 unspecified atom stereocenters. The lowest BCUT2D eigenvalue weighted by atomic mass is 9.74. The highest BCUT2D eigenvalue weighted by Crippen LogP contribution is 2.37. The normalized spacial score (nSPS) is 17.6. The first-order chi connectivity index (χ1) is 14.7. The van der Waals surface area contributed by atoms with Gasteiger partial charge >= 0.3 is 0 Å². The zero-order chi connectivity index (χ0) is 22.6. The van der Waals surface area contributed by atoms with Crippen LogP contribution in [0.5, 0.6) is 0 Å². The molecule has 3 rings (SSSR count). The summed E-state index contributed by atoms with van der Waals surface area (Å²) in [6.07, 6.45) is 1.90. The maximum atomic E-state index is 12.9. The SMILES string of the molecule is CCC(=O)c1ccc2c(c1)CN(C)[C@H](CNC(=O)C[C@H](c1ccccc1)C(C)(C)C)C2. The number of ketones is 1. The molecule has 31 heavy (non-hydrogen) atoms. The van der Waals surface area contributed by atoms with Gasteiger partial charge in [0.15, 0.2) is 5.78 Å². The number of Topliss-reactive ketones (excluding diaryl/α,β-unsaturated/α-hetero) is 1. The fourth-order valence-electron chi connectivity index (χ4n) is 4.48. The molecule has 1 aliphatic heterocycles. The van der Waals surface area contributed by atoms with Crippen molar-refractivity contribution in [3.8, 4) is 0 Å². The number of nitrogens with one attached hydrogen (secondary N) is 1. The largest absolute Gasteiger partial charge is 0.355 e. The smallest absolute Gasteiger partial charge is 0.220 e. The molecule has 1 aliphatic rings. The quantitative estimate of drug-likeness (QED) is 0.643. The summed E-state index contributed by atoms with van der Waals surface area (Å²) in [5, 5.41) is 3.19. The number of nitrogens with zero attached hydrogens (tertiary/aromatic N) is 1. The van der Waals surface area contributed by atoms with Crippen LogP contribution in [0, 0.1) is 5.41 Å². The number of benzene rings is 2. The lowest BCUT2D eigenvalue weighted by Crippen LogP contribution is -2.46. The second-order valence-electron chi connectivity index (χ2n) is 9.87. The average Bonchev–Trinajstić information content (AvgIpc) is 2.74. The Labute approximate surface area is 187 Å². The van der Waals surface area contributed by atoms with Gasteiger partial charge in [-0.1, -0.05) is 70.2 Å². The third kappa shape index (κ3) is 5.82. The Bertz CT molecular complexity index is 915. The second-order valence-corrected chi connectivity index (χ2v) is 9.87. The van der Waals surface area contributed by atoms with E-state index in [0.29, 0.717) is 19.4 Å². The fourth-order valence-corrected chi connectivity index (χ4v) is 4.48. The van der Waals surface area contributed by atoms with E-state index in [4.69, 9.17) is 0 Å². The van der Waals surface area contributed by atoms with E-state index in [9.17, 15) is 9.59 Å². The number of hydrogen-bond donors (Lipinski definition) is 1. The molecule has 0 aliphatic carbocycles. The van der Waals surface area contributed by atoms with Crippen molar-refractivity contribution < 1.29 is 9.59 Å². The molecule has 1 amide bonds. The lowest BCUT2D eigenvalue weighted by molar-refractivity contribution is -0.122. The zero-order valence-corrected chi connectivity index (χ0v) is 19.6. The summed E-state index contributed by atoms with van der Waals surface area (Å²) in [4.78, 5) is 27.2. The van der Waals surface area contributed by atoms with E-state index in [2.05, 4.69) is 56.2 Å². The monoisotopic (exact) mass is 420 g/mol. The summed E-state index contributed by atoms with van der Waals surface area (Å²) in [6.45, 7) is 9.92. The second kappa shape index (κ2) is 9.78. The molecule has 1 heterocycles.